The van der Waals surface area contributed by atoms with Crippen molar-refractivity contribution in [2.45, 2.75) is 56.4 Å². The van der Waals surface area contributed by atoms with Gasteiger partial charge >= 0.3 is 0 Å². The van der Waals surface area contributed by atoms with Gasteiger partial charge in [-0.25, -0.2) is 0 Å². The number of fused-ring (bicyclic) bond motifs is 2. The van der Waals surface area contributed by atoms with E-state index in [9.17, 15) is 9.59 Å². The number of imide groups is 1. The Bertz CT molecular complexity index is 588. The average Bonchev–Trinajstić information content (AvgIpc) is 3.13. The zero-order chi connectivity index (χ0) is 13.7. The molecule has 1 atom stereocenters. The molecular weight excluding hydrogens is 250 g/mol. The second-order valence-electron chi connectivity index (χ2n) is 6.42. The zero-order valence-corrected chi connectivity index (χ0v) is 11.6. The van der Waals surface area contributed by atoms with Gasteiger partial charge in [0.25, 0.3) is 0 Å². The highest BCUT2D eigenvalue weighted by molar-refractivity contribution is 6.10. The molecule has 2 amide bonds. The monoisotopic (exact) mass is 269 g/mol. The molecule has 1 aliphatic heterocycles. The van der Waals surface area contributed by atoms with Crippen LogP contribution in [0.15, 0.2) is 24.3 Å². The first-order valence-corrected chi connectivity index (χ1v) is 7.67. The second kappa shape index (κ2) is 4.18. The van der Waals surface area contributed by atoms with Crippen LogP contribution in [0.5, 0.6) is 0 Å². The van der Waals surface area contributed by atoms with Crippen LogP contribution in [0.2, 0.25) is 0 Å². The van der Waals surface area contributed by atoms with E-state index in [4.69, 9.17) is 0 Å². The Labute approximate surface area is 119 Å². The molecule has 2 aliphatic carbocycles. The quantitative estimate of drug-likeness (QED) is 0.735. The van der Waals surface area contributed by atoms with Gasteiger partial charge in [0.05, 0.1) is 5.41 Å². The second-order valence-corrected chi connectivity index (χ2v) is 6.42. The Kier molecular flexibility index (Phi) is 2.53. The highest BCUT2D eigenvalue weighted by Crippen LogP contribution is 2.48. The lowest BCUT2D eigenvalue weighted by Gasteiger charge is -2.26. The molecule has 4 rings (SSSR count). The summed E-state index contributed by atoms with van der Waals surface area (Å²) in [5.74, 6) is 0.137. The Morgan fingerprint density at radius 2 is 1.85 bits per heavy atom. The molecule has 0 bridgehead atoms. The van der Waals surface area contributed by atoms with E-state index in [2.05, 4.69) is 6.07 Å². The van der Waals surface area contributed by atoms with E-state index in [1.165, 1.54) is 5.56 Å². The zero-order valence-electron chi connectivity index (χ0n) is 11.6. The van der Waals surface area contributed by atoms with E-state index in [-0.39, 0.29) is 17.9 Å². The van der Waals surface area contributed by atoms with E-state index in [1.807, 2.05) is 18.2 Å². The fraction of sp³-hybridized carbons (Fsp3) is 0.529. The van der Waals surface area contributed by atoms with Crippen LogP contribution in [0.1, 0.15) is 49.7 Å². The van der Waals surface area contributed by atoms with E-state index < -0.39 is 5.41 Å². The van der Waals surface area contributed by atoms with Crippen LogP contribution >= 0.6 is 0 Å². The minimum Gasteiger partial charge on any atom is -0.279 e. The third-order valence-electron chi connectivity index (χ3n) is 5.39. The normalized spacial score (nSPS) is 29.7. The molecule has 3 nitrogen and oxygen atoms in total. The van der Waals surface area contributed by atoms with Gasteiger partial charge in [0.1, 0.15) is 0 Å². The Balaban J connectivity index is 1.75. The summed E-state index contributed by atoms with van der Waals surface area (Å²) >= 11 is 0. The molecule has 1 heterocycles. The van der Waals surface area contributed by atoms with Crippen LogP contribution in [0.3, 0.4) is 0 Å². The molecule has 1 aromatic rings. The maximum absolute atomic E-state index is 13.0. The standard InChI is InChI=1S/C17H19NO2/c19-15-11-17(10-9-12-5-1-4-8-14(12)17)16(20)18(15)13-6-2-3-7-13/h1,4-5,8,13H,2-3,6-7,9-11H2/t17-/m1/s1. The minimum atomic E-state index is -0.531. The van der Waals surface area contributed by atoms with E-state index in [0.29, 0.717) is 6.42 Å². The number of amides is 2. The Morgan fingerprint density at radius 1 is 1.10 bits per heavy atom. The first-order valence-electron chi connectivity index (χ1n) is 7.67. The van der Waals surface area contributed by atoms with Crippen LogP contribution in [0.25, 0.3) is 0 Å². The largest absolute Gasteiger partial charge is 0.279 e. The topological polar surface area (TPSA) is 37.4 Å². The molecule has 2 fully saturated rings. The summed E-state index contributed by atoms with van der Waals surface area (Å²) < 4.78 is 0. The molecule has 1 saturated heterocycles. The van der Waals surface area contributed by atoms with Gasteiger partial charge in [0.2, 0.25) is 11.8 Å². The fourth-order valence-corrected chi connectivity index (χ4v) is 4.39. The Morgan fingerprint density at radius 3 is 2.65 bits per heavy atom. The lowest BCUT2D eigenvalue weighted by Crippen LogP contribution is -2.42. The first kappa shape index (κ1) is 12.1. The van der Waals surface area contributed by atoms with Crippen molar-refractivity contribution in [3.05, 3.63) is 35.4 Å². The van der Waals surface area contributed by atoms with Crippen molar-refractivity contribution in [3.63, 3.8) is 0 Å². The van der Waals surface area contributed by atoms with Gasteiger partial charge in [-0.2, -0.15) is 0 Å². The van der Waals surface area contributed by atoms with Gasteiger partial charge in [0, 0.05) is 12.5 Å². The van der Waals surface area contributed by atoms with E-state index in [0.717, 1.165) is 44.1 Å². The molecule has 3 aliphatic rings. The molecule has 0 radical (unpaired) electrons. The predicted octanol–water partition coefficient (Wildman–Crippen LogP) is 2.57. The Hall–Kier alpha value is -1.64. The van der Waals surface area contributed by atoms with Crippen molar-refractivity contribution in [1.82, 2.24) is 4.90 Å². The number of hydrogen-bond acceptors (Lipinski definition) is 2. The molecule has 1 saturated carbocycles. The number of nitrogens with zero attached hydrogens (tertiary/aromatic N) is 1. The van der Waals surface area contributed by atoms with E-state index in [1.54, 1.807) is 4.90 Å². The van der Waals surface area contributed by atoms with E-state index >= 15 is 0 Å². The van der Waals surface area contributed by atoms with Gasteiger partial charge in [0.15, 0.2) is 0 Å². The van der Waals surface area contributed by atoms with Gasteiger partial charge < -0.3 is 0 Å². The molecule has 1 aromatic carbocycles. The van der Waals surface area contributed by atoms with Crippen molar-refractivity contribution in [2.24, 2.45) is 0 Å². The summed E-state index contributed by atoms with van der Waals surface area (Å²) in [6.45, 7) is 0. The first-order chi connectivity index (χ1) is 9.72. The molecular formula is C17H19NO2. The SMILES string of the molecule is O=C1C[C@@]2(CCc3ccccc32)C(=O)N1C1CCCC1. The van der Waals surface area contributed by atoms with Crippen molar-refractivity contribution in [3.8, 4) is 0 Å². The summed E-state index contributed by atoms with van der Waals surface area (Å²) in [6.07, 6.45) is 6.40. The molecule has 3 heteroatoms. The summed E-state index contributed by atoms with van der Waals surface area (Å²) in [7, 11) is 0. The number of likely N-dealkylation sites (tertiary alicyclic amines) is 1. The maximum Gasteiger partial charge on any atom is 0.240 e. The summed E-state index contributed by atoms with van der Waals surface area (Å²) in [5.41, 5.74) is 1.83. The predicted molar refractivity (Wildman–Crippen MR) is 75.2 cm³/mol. The lowest BCUT2D eigenvalue weighted by atomic mass is 9.80. The number of benzene rings is 1. The number of rotatable bonds is 1. The van der Waals surface area contributed by atoms with Gasteiger partial charge in [-0.05, 0) is 36.8 Å². The van der Waals surface area contributed by atoms with Gasteiger partial charge in [-0.15, -0.1) is 0 Å². The van der Waals surface area contributed by atoms with Crippen LogP contribution in [-0.4, -0.2) is 22.8 Å². The minimum absolute atomic E-state index is 0.0543. The third-order valence-corrected chi connectivity index (χ3v) is 5.39. The highest BCUT2D eigenvalue weighted by Gasteiger charge is 2.56. The maximum atomic E-state index is 13.0. The van der Waals surface area contributed by atoms with Crippen molar-refractivity contribution in [1.29, 1.82) is 0 Å². The molecule has 20 heavy (non-hydrogen) atoms. The molecule has 1 spiro atoms. The summed E-state index contributed by atoms with van der Waals surface area (Å²) in [5, 5.41) is 0. The van der Waals surface area contributed by atoms with Crippen molar-refractivity contribution in [2.75, 3.05) is 0 Å². The number of hydrogen-bond donors (Lipinski definition) is 0. The highest BCUT2D eigenvalue weighted by atomic mass is 16.2. The van der Waals surface area contributed by atoms with Crippen LogP contribution < -0.4 is 0 Å². The lowest BCUT2D eigenvalue weighted by molar-refractivity contribution is -0.142. The number of aryl methyl sites for hydroxylation is 1. The van der Waals surface area contributed by atoms with Crippen molar-refractivity contribution >= 4 is 11.8 Å². The average molecular weight is 269 g/mol. The van der Waals surface area contributed by atoms with Crippen LogP contribution in [0.4, 0.5) is 0 Å². The summed E-state index contributed by atoms with van der Waals surface area (Å²) in [6, 6.07) is 8.32. The molecule has 104 valence electrons. The van der Waals surface area contributed by atoms with Gasteiger partial charge in [-0.3, -0.25) is 14.5 Å². The molecule has 0 unspecified atom stereocenters. The third kappa shape index (κ3) is 1.46. The number of carbonyl (C=O) groups is 2. The molecule has 0 N–H and O–H groups in total. The summed E-state index contributed by atoms with van der Waals surface area (Å²) in [4.78, 5) is 27.1. The fourth-order valence-electron chi connectivity index (χ4n) is 4.39. The smallest absolute Gasteiger partial charge is 0.240 e. The number of carbonyl (C=O) groups excluding carboxylic acids is 2. The van der Waals surface area contributed by atoms with Crippen LogP contribution in [-0.2, 0) is 21.4 Å². The van der Waals surface area contributed by atoms with Crippen LogP contribution in [0, 0.1) is 0 Å². The van der Waals surface area contributed by atoms with Gasteiger partial charge in [-0.1, -0.05) is 37.1 Å². The molecule has 0 aromatic heterocycles. The van der Waals surface area contributed by atoms with Crippen molar-refractivity contribution < 1.29 is 9.59 Å².